The van der Waals surface area contributed by atoms with Gasteiger partial charge in [0.2, 0.25) is 16.8 Å². The second-order valence-corrected chi connectivity index (χ2v) is 11.9. The number of hydrogen-bond donors (Lipinski definition) is 2. The number of amides is 1. The Balaban J connectivity index is 1.51. The smallest absolute Gasteiger partial charge is 0.236 e. The summed E-state index contributed by atoms with van der Waals surface area (Å²) in [7, 11) is 4.51. The number of benzene rings is 1. The zero-order chi connectivity index (χ0) is 29.1. The second kappa shape index (κ2) is 12.2. The Morgan fingerprint density at radius 3 is 2.61 bits per heavy atom. The number of hydrogen-bond acceptors (Lipinski definition) is 14. The van der Waals surface area contributed by atoms with E-state index in [9.17, 15) is 14.9 Å². The van der Waals surface area contributed by atoms with Crippen LogP contribution in [0.2, 0.25) is 0 Å². The maximum Gasteiger partial charge on any atom is 0.236 e. The van der Waals surface area contributed by atoms with Crippen LogP contribution in [-0.4, -0.2) is 54.0 Å². The quantitative estimate of drug-likeness (QED) is 0.334. The molecule has 0 radical (unpaired) electrons. The minimum atomic E-state index is -0.732. The van der Waals surface area contributed by atoms with Crippen molar-refractivity contribution in [1.82, 2.24) is 15.2 Å². The first-order chi connectivity index (χ1) is 19.9. The van der Waals surface area contributed by atoms with Crippen LogP contribution in [0, 0.1) is 11.3 Å². The Morgan fingerprint density at radius 1 is 1.22 bits per heavy atom. The number of allylic oxidation sites excluding steroid dienone is 3. The van der Waals surface area contributed by atoms with Crippen LogP contribution in [0.5, 0.6) is 17.2 Å². The van der Waals surface area contributed by atoms with Gasteiger partial charge in [0.1, 0.15) is 5.82 Å². The van der Waals surface area contributed by atoms with Gasteiger partial charge < -0.3 is 25.3 Å². The Hall–Kier alpha value is -4.13. The molecule has 3 N–H and O–H groups in total. The molecule has 0 fully saturated rings. The van der Waals surface area contributed by atoms with Crippen molar-refractivity contribution < 1.29 is 23.8 Å². The fraction of sp³-hybridized carbons (Fsp3) is 0.308. The molecular formula is C26H25N7O5S3. The lowest BCUT2D eigenvalue weighted by molar-refractivity contribution is -0.116. The average molecular weight is 612 g/mol. The van der Waals surface area contributed by atoms with Crippen molar-refractivity contribution in [1.29, 1.82) is 5.26 Å². The van der Waals surface area contributed by atoms with Gasteiger partial charge in [-0.15, -0.1) is 21.5 Å². The van der Waals surface area contributed by atoms with E-state index in [0.717, 1.165) is 0 Å². The summed E-state index contributed by atoms with van der Waals surface area (Å²) in [5.74, 6) is 0.437. The van der Waals surface area contributed by atoms with Crippen molar-refractivity contribution >= 4 is 56.4 Å². The van der Waals surface area contributed by atoms with E-state index in [-0.39, 0.29) is 28.8 Å². The summed E-state index contributed by atoms with van der Waals surface area (Å²) in [6, 6.07) is 5.70. The number of methoxy groups -OCH3 is 3. The van der Waals surface area contributed by atoms with Gasteiger partial charge in [-0.1, -0.05) is 23.1 Å². The van der Waals surface area contributed by atoms with Crippen LogP contribution < -0.4 is 30.2 Å². The van der Waals surface area contributed by atoms with Crippen LogP contribution in [0.15, 0.2) is 50.7 Å². The Labute approximate surface area is 247 Å². The molecule has 5 rings (SSSR count). The van der Waals surface area contributed by atoms with E-state index in [2.05, 4.69) is 26.6 Å². The first-order valence-corrected chi connectivity index (χ1v) is 15.0. The predicted molar refractivity (Wildman–Crippen MR) is 155 cm³/mol. The highest BCUT2D eigenvalue weighted by molar-refractivity contribution is 8.01. The molecule has 0 saturated heterocycles. The van der Waals surface area contributed by atoms with E-state index in [1.165, 1.54) is 55.8 Å². The Bertz CT molecular complexity index is 1570. The molecule has 1 aliphatic heterocycles. The molecule has 12 nitrogen and oxygen atoms in total. The zero-order valence-electron chi connectivity index (χ0n) is 22.3. The lowest BCUT2D eigenvalue weighted by atomic mass is 9.75. The highest BCUT2D eigenvalue weighted by Gasteiger charge is 2.42. The summed E-state index contributed by atoms with van der Waals surface area (Å²) in [4.78, 5) is 31.5. The number of ether oxygens (including phenoxy) is 3. The minimum absolute atomic E-state index is 0.0757. The fourth-order valence-corrected chi connectivity index (χ4v) is 7.05. The third-order valence-electron chi connectivity index (χ3n) is 6.53. The van der Waals surface area contributed by atoms with Crippen molar-refractivity contribution in [2.75, 3.05) is 37.3 Å². The van der Waals surface area contributed by atoms with Crippen LogP contribution in [0.4, 0.5) is 10.3 Å². The zero-order valence-corrected chi connectivity index (χ0v) is 24.7. The molecule has 0 spiro atoms. The number of nitrogens with one attached hydrogen (secondary N) is 1. The van der Waals surface area contributed by atoms with Gasteiger partial charge in [0.05, 0.1) is 44.6 Å². The fourth-order valence-electron chi connectivity index (χ4n) is 4.83. The van der Waals surface area contributed by atoms with Crippen LogP contribution >= 0.6 is 34.4 Å². The molecule has 41 heavy (non-hydrogen) atoms. The number of nitrogens with zero attached hydrogens (tertiary/aromatic N) is 5. The molecule has 1 atom stereocenters. The maximum atomic E-state index is 13.5. The first-order valence-electron chi connectivity index (χ1n) is 12.3. The number of thiazole rings is 1. The van der Waals surface area contributed by atoms with Gasteiger partial charge in [-0.3, -0.25) is 14.5 Å². The van der Waals surface area contributed by atoms with Crippen LogP contribution in [0.25, 0.3) is 0 Å². The van der Waals surface area contributed by atoms with Crippen molar-refractivity contribution in [3.63, 3.8) is 0 Å². The molecular weight excluding hydrogens is 587 g/mol. The molecule has 2 aromatic heterocycles. The number of ketones is 1. The van der Waals surface area contributed by atoms with Crippen LogP contribution in [0.3, 0.4) is 0 Å². The molecule has 1 aliphatic carbocycles. The number of anilines is 2. The third kappa shape index (κ3) is 5.45. The number of Topliss-reactive ketones (excluding diaryl/α,β-unsaturated/α-hetero) is 1. The standard InChI is InChI=1S/C26H25N7O5S3/c1-36-17-9-13(10-18(37-2)22(17)38-3)20-14(11-27)23(28)33(15-5-4-6-16(34)21(15)20)25-31-32-26(41-25)40-12-19(35)30-24-29-7-8-39-24/h7-10,20H,4-6,12,28H2,1-3H3,(H,29,30,35). The maximum absolute atomic E-state index is 13.5. The van der Waals surface area contributed by atoms with Gasteiger partial charge in [-0.2, -0.15) is 5.26 Å². The topological polar surface area (TPSA) is 166 Å². The van der Waals surface area contributed by atoms with Crippen molar-refractivity contribution in [3.8, 4) is 23.3 Å². The summed E-state index contributed by atoms with van der Waals surface area (Å²) >= 11 is 3.78. The van der Waals surface area contributed by atoms with E-state index in [0.29, 0.717) is 67.9 Å². The normalized spacial score (nSPS) is 16.8. The van der Waals surface area contributed by atoms with Gasteiger partial charge in [0.15, 0.2) is 26.8 Å². The number of carbonyl (C=O) groups excluding carboxylic acids is 2. The number of nitriles is 1. The summed E-state index contributed by atoms with van der Waals surface area (Å²) in [5.41, 5.74) is 8.62. The first kappa shape index (κ1) is 28.4. The van der Waals surface area contributed by atoms with E-state index in [1.807, 2.05) is 0 Å². The van der Waals surface area contributed by atoms with Crippen molar-refractivity contribution in [3.05, 3.63) is 51.9 Å². The molecule has 15 heteroatoms. The summed E-state index contributed by atoms with van der Waals surface area (Å²) in [6.07, 6.45) is 3.14. The molecule has 1 aromatic carbocycles. The van der Waals surface area contributed by atoms with Crippen LogP contribution in [-0.2, 0) is 9.59 Å². The molecule has 1 unspecified atom stereocenters. The van der Waals surface area contributed by atoms with E-state index in [1.54, 1.807) is 28.6 Å². The highest BCUT2D eigenvalue weighted by Crippen LogP contribution is 2.49. The van der Waals surface area contributed by atoms with Crippen molar-refractivity contribution in [2.45, 2.75) is 29.5 Å². The Kier molecular flexibility index (Phi) is 8.43. The van der Waals surface area contributed by atoms with Gasteiger partial charge in [0, 0.05) is 29.3 Å². The summed E-state index contributed by atoms with van der Waals surface area (Å²) in [6.45, 7) is 0. The van der Waals surface area contributed by atoms with Gasteiger partial charge in [-0.25, -0.2) is 4.98 Å². The molecule has 2 aliphatic rings. The SMILES string of the molecule is COc1cc(C2C(C#N)=C(N)N(c3nnc(SCC(=O)Nc4nccs4)s3)C3=C2C(=O)CCC3)cc(OC)c1OC. The molecule has 1 amide bonds. The van der Waals surface area contributed by atoms with Gasteiger partial charge in [0.25, 0.3) is 0 Å². The van der Waals surface area contributed by atoms with Gasteiger partial charge >= 0.3 is 0 Å². The number of thioether (sulfide) groups is 1. The minimum Gasteiger partial charge on any atom is -0.493 e. The monoisotopic (exact) mass is 611 g/mol. The lowest BCUT2D eigenvalue weighted by Gasteiger charge is -2.38. The molecule has 0 saturated carbocycles. The van der Waals surface area contributed by atoms with Gasteiger partial charge in [-0.05, 0) is 30.5 Å². The Morgan fingerprint density at radius 2 is 1.98 bits per heavy atom. The van der Waals surface area contributed by atoms with E-state index < -0.39 is 5.92 Å². The third-order valence-corrected chi connectivity index (χ3v) is 9.26. The number of rotatable bonds is 9. The molecule has 3 heterocycles. The molecule has 3 aromatic rings. The predicted octanol–water partition coefficient (Wildman–Crippen LogP) is 4.06. The number of carbonyl (C=O) groups is 2. The summed E-state index contributed by atoms with van der Waals surface area (Å²) < 4.78 is 17.1. The number of aromatic nitrogens is 3. The van der Waals surface area contributed by atoms with E-state index in [4.69, 9.17) is 19.9 Å². The molecule has 0 bridgehead atoms. The second-order valence-electron chi connectivity index (χ2n) is 8.80. The summed E-state index contributed by atoms with van der Waals surface area (Å²) in [5, 5.41) is 24.3. The molecule has 212 valence electrons. The number of nitrogens with two attached hydrogens (primary N) is 1. The average Bonchev–Trinajstić information content (AvgIpc) is 3.67. The lowest BCUT2D eigenvalue weighted by Crippen LogP contribution is -2.38. The largest absolute Gasteiger partial charge is 0.493 e. The van der Waals surface area contributed by atoms with Crippen LogP contribution in [0.1, 0.15) is 30.7 Å². The highest BCUT2D eigenvalue weighted by atomic mass is 32.2. The van der Waals surface area contributed by atoms with E-state index >= 15 is 0 Å². The van der Waals surface area contributed by atoms with Crippen molar-refractivity contribution in [2.24, 2.45) is 5.73 Å².